The fourth-order valence-corrected chi connectivity index (χ4v) is 1.11. The summed E-state index contributed by atoms with van der Waals surface area (Å²) in [6.45, 7) is 0. The van der Waals surface area contributed by atoms with Crippen LogP contribution in [0.1, 0.15) is 0 Å². The Hall–Kier alpha value is -1.73. The van der Waals surface area contributed by atoms with Gasteiger partial charge in [0.2, 0.25) is 5.95 Å². The number of rotatable bonds is 2. The second-order valence-corrected chi connectivity index (χ2v) is 2.93. The van der Waals surface area contributed by atoms with Crippen molar-refractivity contribution in [2.24, 2.45) is 0 Å². The van der Waals surface area contributed by atoms with E-state index in [9.17, 15) is 4.39 Å². The molecule has 0 aromatic carbocycles. The van der Waals surface area contributed by atoms with Gasteiger partial charge in [-0.25, -0.2) is 9.67 Å². The van der Waals surface area contributed by atoms with Gasteiger partial charge in [-0.15, -0.1) is 0 Å². The van der Waals surface area contributed by atoms with E-state index in [1.807, 2.05) is 0 Å². The summed E-state index contributed by atoms with van der Waals surface area (Å²) < 4.78 is 13.9. The second-order valence-electron chi connectivity index (χ2n) is 2.93. The third kappa shape index (κ3) is 2.03. The van der Waals surface area contributed by atoms with E-state index >= 15 is 0 Å². The third-order valence-corrected chi connectivity index (χ3v) is 1.88. The molecule has 0 unspecified atom stereocenters. The summed E-state index contributed by atoms with van der Waals surface area (Å²) in [5, 5.41) is 21.6. The quantitative estimate of drug-likeness (QED) is 0.493. The average Bonchev–Trinajstić information content (AvgIpc) is 2.68. The molecule has 0 saturated carbocycles. The van der Waals surface area contributed by atoms with Crippen LogP contribution < -0.4 is 5.46 Å². The lowest BCUT2D eigenvalue weighted by Crippen LogP contribution is -2.28. The van der Waals surface area contributed by atoms with Crippen LogP contribution in [0.3, 0.4) is 0 Å². The molecular weight excluding hydrogens is 200 g/mol. The molecule has 2 aromatic heterocycles. The van der Waals surface area contributed by atoms with Crippen LogP contribution >= 0.6 is 0 Å². The summed E-state index contributed by atoms with van der Waals surface area (Å²) in [4.78, 5) is 3.46. The van der Waals surface area contributed by atoms with Crippen molar-refractivity contribution in [3.8, 4) is 5.69 Å². The van der Waals surface area contributed by atoms with Gasteiger partial charge in [-0.2, -0.15) is 9.49 Å². The molecule has 5 nitrogen and oxygen atoms in total. The van der Waals surface area contributed by atoms with Crippen molar-refractivity contribution in [3.63, 3.8) is 0 Å². The van der Waals surface area contributed by atoms with Gasteiger partial charge in [0.25, 0.3) is 0 Å². The molecule has 0 bridgehead atoms. The average molecular weight is 207 g/mol. The fraction of sp³-hybridized carbons (Fsp3) is 0. The van der Waals surface area contributed by atoms with E-state index in [4.69, 9.17) is 10.0 Å². The lowest BCUT2D eigenvalue weighted by atomic mass is 9.83. The van der Waals surface area contributed by atoms with Crippen LogP contribution in [0, 0.1) is 5.95 Å². The van der Waals surface area contributed by atoms with Gasteiger partial charge in [-0.05, 0) is 12.1 Å². The van der Waals surface area contributed by atoms with Crippen molar-refractivity contribution < 1.29 is 14.4 Å². The molecular formula is C8H7BFN3O2. The first-order valence-electron chi connectivity index (χ1n) is 4.19. The number of hydrogen-bond donors (Lipinski definition) is 2. The molecule has 2 aromatic rings. The fourth-order valence-electron chi connectivity index (χ4n) is 1.11. The Labute approximate surface area is 85.0 Å². The molecule has 0 spiro atoms. The van der Waals surface area contributed by atoms with E-state index in [1.54, 1.807) is 0 Å². The van der Waals surface area contributed by atoms with Gasteiger partial charge >= 0.3 is 7.12 Å². The highest BCUT2D eigenvalue weighted by molar-refractivity contribution is 6.58. The Morgan fingerprint density at radius 3 is 2.60 bits per heavy atom. The molecule has 0 radical (unpaired) electrons. The van der Waals surface area contributed by atoms with Gasteiger partial charge < -0.3 is 10.0 Å². The smallest absolute Gasteiger partial charge is 0.423 e. The molecule has 0 fully saturated rings. The molecule has 0 aliphatic heterocycles. The summed E-state index contributed by atoms with van der Waals surface area (Å²) in [6.07, 6.45) is 4.05. The Kier molecular flexibility index (Phi) is 2.48. The van der Waals surface area contributed by atoms with E-state index in [2.05, 4.69) is 10.1 Å². The number of hydrogen-bond acceptors (Lipinski definition) is 4. The van der Waals surface area contributed by atoms with Gasteiger partial charge in [-0.1, -0.05) is 0 Å². The Morgan fingerprint density at radius 2 is 2.07 bits per heavy atom. The highest BCUT2D eigenvalue weighted by Gasteiger charge is 2.13. The highest BCUT2D eigenvalue weighted by Crippen LogP contribution is 2.03. The van der Waals surface area contributed by atoms with Crippen molar-refractivity contribution in [3.05, 3.63) is 36.7 Å². The van der Waals surface area contributed by atoms with E-state index in [-0.39, 0.29) is 5.46 Å². The van der Waals surface area contributed by atoms with Crippen LogP contribution in [0.25, 0.3) is 5.69 Å². The van der Waals surface area contributed by atoms with Crippen LogP contribution in [0.15, 0.2) is 30.7 Å². The standard InChI is InChI=1S/C8H7BFN3O2/c10-8-2-1-7(4-11-8)13-5-6(3-12-13)9(14)15/h1-5,14-15H. The summed E-state index contributed by atoms with van der Waals surface area (Å²) in [6, 6.07) is 2.69. The van der Waals surface area contributed by atoms with Crippen LogP contribution in [0.2, 0.25) is 0 Å². The number of pyridine rings is 1. The molecule has 76 valence electrons. The summed E-state index contributed by atoms with van der Waals surface area (Å²) in [5.74, 6) is -0.576. The lowest BCUT2D eigenvalue weighted by Gasteiger charge is -1.98. The highest BCUT2D eigenvalue weighted by atomic mass is 19.1. The first kappa shape index (κ1) is 9.82. The monoisotopic (exact) mass is 207 g/mol. The molecule has 0 atom stereocenters. The van der Waals surface area contributed by atoms with Crippen molar-refractivity contribution in [2.75, 3.05) is 0 Å². The predicted octanol–water partition coefficient (Wildman–Crippen LogP) is -0.914. The third-order valence-electron chi connectivity index (χ3n) is 1.88. The Balaban J connectivity index is 2.33. The summed E-state index contributed by atoms with van der Waals surface area (Å²) >= 11 is 0. The topological polar surface area (TPSA) is 71.2 Å². The van der Waals surface area contributed by atoms with Crippen molar-refractivity contribution in [1.29, 1.82) is 0 Å². The zero-order chi connectivity index (χ0) is 10.8. The first-order chi connectivity index (χ1) is 7.16. The zero-order valence-electron chi connectivity index (χ0n) is 7.58. The zero-order valence-corrected chi connectivity index (χ0v) is 7.58. The van der Waals surface area contributed by atoms with E-state index < -0.39 is 13.1 Å². The largest absolute Gasteiger partial charge is 0.491 e. The van der Waals surface area contributed by atoms with Crippen molar-refractivity contribution in [1.82, 2.24) is 14.8 Å². The van der Waals surface area contributed by atoms with Gasteiger partial charge in [0.15, 0.2) is 0 Å². The van der Waals surface area contributed by atoms with Crippen LogP contribution in [-0.2, 0) is 0 Å². The van der Waals surface area contributed by atoms with Crippen LogP contribution in [0.4, 0.5) is 4.39 Å². The molecule has 0 aliphatic rings. The predicted molar refractivity (Wildman–Crippen MR) is 51.1 cm³/mol. The molecule has 0 aliphatic carbocycles. The molecule has 2 N–H and O–H groups in total. The van der Waals surface area contributed by atoms with Crippen LogP contribution in [0.5, 0.6) is 0 Å². The maximum Gasteiger partial charge on any atom is 0.491 e. The number of halogens is 1. The maximum absolute atomic E-state index is 12.5. The Bertz CT molecular complexity index is 457. The van der Waals surface area contributed by atoms with Gasteiger partial charge in [-0.3, -0.25) is 0 Å². The second kappa shape index (κ2) is 3.80. The van der Waals surface area contributed by atoms with E-state index in [0.29, 0.717) is 5.69 Å². The minimum Gasteiger partial charge on any atom is -0.423 e. The molecule has 0 amide bonds. The first-order valence-corrected chi connectivity index (χ1v) is 4.19. The molecule has 7 heteroatoms. The normalized spacial score (nSPS) is 10.3. The maximum atomic E-state index is 12.5. The van der Waals surface area contributed by atoms with E-state index in [0.717, 1.165) is 0 Å². The Morgan fingerprint density at radius 1 is 1.27 bits per heavy atom. The van der Waals surface area contributed by atoms with Gasteiger partial charge in [0, 0.05) is 17.9 Å². The molecule has 0 saturated heterocycles. The summed E-state index contributed by atoms with van der Waals surface area (Å²) in [7, 11) is -1.56. The van der Waals surface area contributed by atoms with Crippen LogP contribution in [-0.4, -0.2) is 31.9 Å². The van der Waals surface area contributed by atoms with Gasteiger partial charge in [0.1, 0.15) is 0 Å². The minimum absolute atomic E-state index is 0.263. The molecule has 15 heavy (non-hydrogen) atoms. The number of aromatic nitrogens is 3. The SMILES string of the molecule is OB(O)c1cnn(-c2ccc(F)nc2)c1. The molecule has 2 heterocycles. The van der Waals surface area contributed by atoms with E-state index in [1.165, 1.54) is 35.4 Å². The molecule has 2 rings (SSSR count). The van der Waals surface area contributed by atoms with Crippen molar-refractivity contribution in [2.45, 2.75) is 0 Å². The lowest BCUT2D eigenvalue weighted by molar-refractivity contribution is 0.426. The minimum atomic E-state index is -1.56. The number of nitrogens with zero attached hydrogens (tertiary/aromatic N) is 3. The summed E-state index contributed by atoms with van der Waals surface area (Å²) in [5.41, 5.74) is 0.808. The van der Waals surface area contributed by atoms with Crippen molar-refractivity contribution >= 4 is 12.6 Å². The van der Waals surface area contributed by atoms with Gasteiger partial charge in [0.05, 0.1) is 11.9 Å².